The standard InChI is InChI=1S/C16H18BrN3O2/c1-12-9-15(18-22-12)19-5-7-20(8-6-19)16(21)11-13-3-2-4-14(17)10-13/h2-4,9-10H,5-8,11H2,1H3. The SMILES string of the molecule is Cc1cc(N2CCN(C(=O)Cc3cccc(Br)c3)CC2)no1. The molecule has 1 aromatic carbocycles. The second-order valence-electron chi connectivity index (χ2n) is 5.47. The van der Waals surface area contributed by atoms with Gasteiger partial charge in [0.25, 0.3) is 0 Å². The lowest BCUT2D eigenvalue weighted by atomic mass is 10.1. The minimum atomic E-state index is 0.175. The Balaban J connectivity index is 1.55. The summed E-state index contributed by atoms with van der Waals surface area (Å²) in [5.74, 6) is 1.84. The van der Waals surface area contributed by atoms with Crippen molar-refractivity contribution in [2.75, 3.05) is 31.1 Å². The van der Waals surface area contributed by atoms with Crippen molar-refractivity contribution in [3.63, 3.8) is 0 Å². The predicted octanol–water partition coefficient (Wildman–Crippen LogP) is 2.64. The van der Waals surface area contributed by atoms with Gasteiger partial charge in [-0.05, 0) is 24.6 Å². The number of aromatic nitrogens is 1. The number of benzene rings is 1. The molecule has 22 heavy (non-hydrogen) atoms. The summed E-state index contributed by atoms with van der Waals surface area (Å²) in [7, 11) is 0. The molecule has 1 aliphatic rings. The van der Waals surface area contributed by atoms with E-state index in [9.17, 15) is 4.79 Å². The number of amides is 1. The minimum absolute atomic E-state index is 0.175. The van der Waals surface area contributed by atoms with Gasteiger partial charge in [0.1, 0.15) is 5.76 Å². The summed E-state index contributed by atoms with van der Waals surface area (Å²) < 4.78 is 6.11. The van der Waals surface area contributed by atoms with Crippen LogP contribution in [-0.2, 0) is 11.2 Å². The topological polar surface area (TPSA) is 49.6 Å². The molecule has 0 unspecified atom stereocenters. The predicted molar refractivity (Wildman–Crippen MR) is 87.9 cm³/mol. The Bertz CT molecular complexity index is 663. The highest BCUT2D eigenvalue weighted by molar-refractivity contribution is 9.10. The number of halogens is 1. The molecule has 0 radical (unpaired) electrons. The number of rotatable bonds is 3. The van der Waals surface area contributed by atoms with E-state index in [1.165, 1.54) is 0 Å². The molecule has 1 saturated heterocycles. The Morgan fingerprint density at radius 2 is 2.05 bits per heavy atom. The van der Waals surface area contributed by atoms with Gasteiger partial charge in [0, 0.05) is 36.7 Å². The van der Waals surface area contributed by atoms with Crippen LogP contribution in [0.2, 0.25) is 0 Å². The Morgan fingerprint density at radius 1 is 1.27 bits per heavy atom. The average molecular weight is 364 g/mol. The van der Waals surface area contributed by atoms with E-state index in [1.54, 1.807) is 0 Å². The molecule has 2 heterocycles. The molecule has 116 valence electrons. The van der Waals surface area contributed by atoms with Crippen LogP contribution in [0.1, 0.15) is 11.3 Å². The van der Waals surface area contributed by atoms with Gasteiger partial charge in [-0.3, -0.25) is 4.79 Å². The van der Waals surface area contributed by atoms with E-state index in [-0.39, 0.29) is 5.91 Å². The first-order chi connectivity index (χ1) is 10.6. The van der Waals surface area contributed by atoms with Gasteiger partial charge in [-0.25, -0.2) is 0 Å². The highest BCUT2D eigenvalue weighted by Crippen LogP contribution is 2.17. The normalized spacial score (nSPS) is 15.2. The van der Waals surface area contributed by atoms with Gasteiger partial charge in [-0.1, -0.05) is 33.2 Å². The van der Waals surface area contributed by atoms with Crippen molar-refractivity contribution < 1.29 is 9.32 Å². The molecule has 0 aliphatic carbocycles. The molecule has 1 aliphatic heterocycles. The zero-order valence-corrected chi connectivity index (χ0v) is 14.0. The van der Waals surface area contributed by atoms with Gasteiger partial charge in [-0.15, -0.1) is 0 Å². The first kappa shape index (κ1) is 15.1. The molecule has 1 fully saturated rings. The first-order valence-electron chi connectivity index (χ1n) is 7.32. The second-order valence-corrected chi connectivity index (χ2v) is 6.39. The molecule has 0 spiro atoms. The van der Waals surface area contributed by atoms with Gasteiger partial charge < -0.3 is 14.3 Å². The number of carbonyl (C=O) groups is 1. The highest BCUT2D eigenvalue weighted by atomic mass is 79.9. The van der Waals surface area contributed by atoms with Crippen LogP contribution < -0.4 is 4.90 Å². The second kappa shape index (κ2) is 6.52. The van der Waals surface area contributed by atoms with Crippen LogP contribution in [0.4, 0.5) is 5.82 Å². The first-order valence-corrected chi connectivity index (χ1v) is 8.11. The number of nitrogens with zero attached hydrogens (tertiary/aromatic N) is 3. The molecule has 5 nitrogen and oxygen atoms in total. The Labute approximate surface area is 138 Å². The molecule has 0 bridgehead atoms. The van der Waals surface area contributed by atoms with E-state index in [0.717, 1.165) is 47.8 Å². The summed E-state index contributed by atoms with van der Waals surface area (Å²) in [5.41, 5.74) is 1.04. The van der Waals surface area contributed by atoms with E-state index in [0.29, 0.717) is 6.42 Å². The highest BCUT2D eigenvalue weighted by Gasteiger charge is 2.22. The van der Waals surface area contributed by atoms with Gasteiger partial charge in [0.15, 0.2) is 5.82 Å². The number of hydrogen-bond donors (Lipinski definition) is 0. The fraction of sp³-hybridized carbons (Fsp3) is 0.375. The van der Waals surface area contributed by atoms with Gasteiger partial charge >= 0.3 is 0 Å². The summed E-state index contributed by atoms with van der Waals surface area (Å²) in [6.07, 6.45) is 0.447. The van der Waals surface area contributed by atoms with Crippen LogP contribution in [-0.4, -0.2) is 42.1 Å². The number of hydrogen-bond acceptors (Lipinski definition) is 4. The fourth-order valence-corrected chi connectivity index (χ4v) is 3.07. The van der Waals surface area contributed by atoms with Crippen molar-refractivity contribution in [2.24, 2.45) is 0 Å². The van der Waals surface area contributed by atoms with Gasteiger partial charge in [0.05, 0.1) is 6.42 Å². The Kier molecular flexibility index (Phi) is 4.47. The molecule has 1 amide bonds. The van der Waals surface area contributed by atoms with Crippen LogP contribution in [0, 0.1) is 6.92 Å². The van der Waals surface area contributed by atoms with E-state index >= 15 is 0 Å². The molecular formula is C16H18BrN3O2. The number of piperazine rings is 1. The molecule has 6 heteroatoms. The lowest BCUT2D eigenvalue weighted by molar-refractivity contribution is -0.130. The number of anilines is 1. The van der Waals surface area contributed by atoms with Crippen LogP contribution in [0.15, 0.2) is 39.3 Å². The maximum absolute atomic E-state index is 12.4. The molecular weight excluding hydrogens is 346 g/mol. The van der Waals surface area contributed by atoms with Gasteiger partial charge in [-0.2, -0.15) is 0 Å². The van der Waals surface area contributed by atoms with Crippen molar-refractivity contribution in [2.45, 2.75) is 13.3 Å². The van der Waals surface area contributed by atoms with E-state index in [4.69, 9.17) is 4.52 Å². The Morgan fingerprint density at radius 3 is 2.68 bits per heavy atom. The number of aryl methyl sites for hydroxylation is 1. The summed E-state index contributed by atoms with van der Waals surface area (Å²) in [5, 5.41) is 4.03. The summed E-state index contributed by atoms with van der Waals surface area (Å²) in [6.45, 7) is 4.90. The third-order valence-corrected chi connectivity index (χ3v) is 4.31. The average Bonchev–Trinajstić information content (AvgIpc) is 2.94. The van der Waals surface area contributed by atoms with Crippen molar-refractivity contribution in [3.05, 3.63) is 46.1 Å². The summed E-state index contributed by atoms with van der Waals surface area (Å²) >= 11 is 3.44. The van der Waals surface area contributed by atoms with Crippen molar-refractivity contribution in [1.82, 2.24) is 10.1 Å². The lowest BCUT2D eigenvalue weighted by Gasteiger charge is -2.34. The van der Waals surface area contributed by atoms with Crippen LogP contribution in [0.5, 0.6) is 0 Å². The smallest absolute Gasteiger partial charge is 0.227 e. The van der Waals surface area contributed by atoms with Crippen molar-refractivity contribution in [1.29, 1.82) is 0 Å². The molecule has 0 saturated carbocycles. The van der Waals surface area contributed by atoms with E-state index < -0.39 is 0 Å². The third kappa shape index (κ3) is 3.50. The lowest BCUT2D eigenvalue weighted by Crippen LogP contribution is -2.49. The molecule has 2 aromatic rings. The Hall–Kier alpha value is -1.82. The zero-order valence-electron chi connectivity index (χ0n) is 12.5. The largest absolute Gasteiger partial charge is 0.360 e. The van der Waals surface area contributed by atoms with E-state index in [1.807, 2.05) is 42.2 Å². The summed E-state index contributed by atoms with van der Waals surface area (Å²) in [4.78, 5) is 16.5. The molecule has 3 rings (SSSR count). The molecule has 0 atom stereocenters. The monoisotopic (exact) mass is 363 g/mol. The molecule has 1 aromatic heterocycles. The zero-order chi connectivity index (χ0) is 15.5. The maximum Gasteiger partial charge on any atom is 0.227 e. The van der Waals surface area contributed by atoms with Crippen LogP contribution in [0.3, 0.4) is 0 Å². The quantitative estimate of drug-likeness (QED) is 0.840. The molecule has 0 N–H and O–H groups in total. The minimum Gasteiger partial charge on any atom is -0.360 e. The third-order valence-electron chi connectivity index (χ3n) is 3.82. The van der Waals surface area contributed by atoms with Crippen LogP contribution in [0.25, 0.3) is 0 Å². The van der Waals surface area contributed by atoms with Crippen molar-refractivity contribution >= 4 is 27.7 Å². The van der Waals surface area contributed by atoms with E-state index in [2.05, 4.69) is 26.0 Å². The van der Waals surface area contributed by atoms with Gasteiger partial charge in [0.2, 0.25) is 5.91 Å². The van der Waals surface area contributed by atoms with Crippen molar-refractivity contribution in [3.8, 4) is 0 Å². The maximum atomic E-state index is 12.4. The fourth-order valence-electron chi connectivity index (χ4n) is 2.62. The van der Waals surface area contributed by atoms with Crippen LogP contribution >= 0.6 is 15.9 Å². The summed E-state index contributed by atoms with van der Waals surface area (Å²) in [6, 6.07) is 9.83. The number of carbonyl (C=O) groups excluding carboxylic acids is 1.